The molecule has 0 bridgehead atoms. The van der Waals surface area contributed by atoms with Crippen LogP contribution in [0.15, 0.2) is 24.5 Å². The second-order valence-electron chi connectivity index (χ2n) is 6.71. The monoisotopic (exact) mass is 394 g/mol. The summed E-state index contributed by atoms with van der Waals surface area (Å²) < 4.78 is 35.9. The molecular formula is C17H20F2N6O3. The standard InChI is InChI=1S/C17H20F2N6O3/c1-10(17(26)4-6-27-7-5-17)25-9-20-11-2-3-12(22-15(11)25)21-13-8-14(24-23-13)28-16(18)19/h2-3,8-10,16,26H,4-7H2,1H3,(H2,21,22,23,24)/t10-/m1/s1. The highest BCUT2D eigenvalue weighted by molar-refractivity contribution is 5.74. The van der Waals surface area contributed by atoms with E-state index in [1.54, 1.807) is 18.5 Å². The van der Waals surface area contributed by atoms with Gasteiger partial charge in [0.15, 0.2) is 5.65 Å². The number of nitrogens with zero attached hydrogens (tertiary/aromatic N) is 4. The first-order valence-corrected chi connectivity index (χ1v) is 8.85. The summed E-state index contributed by atoms with van der Waals surface area (Å²) in [7, 11) is 0. The van der Waals surface area contributed by atoms with Gasteiger partial charge in [0.2, 0.25) is 5.88 Å². The molecule has 28 heavy (non-hydrogen) atoms. The molecule has 1 aliphatic heterocycles. The van der Waals surface area contributed by atoms with E-state index in [0.717, 1.165) is 0 Å². The van der Waals surface area contributed by atoms with Crippen LogP contribution in [0.4, 0.5) is 20.4 Å². The molecule has 0 aliphatic carbocycles. The van der Waals surface area contributed by atoms with Gasteiger partial charge in [-0.2, -0.15) is 8.78 Å². The number of pyridine rings is 1. The van der Waals surface area contributed by atoms with Crippen LogP contribution in [0.2, 0.25) is 0 Å². The van der Waals surface area contributed by atoms with Gasteiger partial charge in [-0.15, -0.1) is 5.10 Å². The van der Waals surface area contributed by atoms with Crippen molar-refractivity contribution in [3.8, 4) is 5.88 Å². The molecule has 1 aliphatic rings. The molecule has 0 spiro atoms. The van der Waals surface area contributed by atoms with Crippen molar-refractivity contribution in [1.82, 2.24) is 24.7 Å². The lowest BCUT2D eigenvalue weighted by molar-refractivity contribution is -0.0898. The van der Waals surface area contributed by atoms with Crippen LogP contribution >= 0.6 is 0 Å². The van der Waals surface area contributed by atoms with Crippen LogP contribution < -0.4 is 10.1 Å². The quantitative estimate of drug-likeness (QED) is 0.589. The normalized spacial score (nSPS) is 17.8. The number of imidazole rings is 1. The molecular weight excluding hydrogens is 374 g/mol. The van der Waals surface area contributed by atoms with Crippen LogP contribution in [0.5, 0.6) is 5.88 Å². The number of anilines is 2. The van der Waals surface area contributed by atoms with E-state index in [2.05, 4.69) is 30.2 Å². The summed E-state index contributed by atoms with van der Waals surface area (Å²) in [5.74, 6) is 0.594. The molecule has 0 saturated carbocycles. The predicted molar refractivity (Wildman–Crippen MR) is 95.7 cm³/mol. The zero-order valence-corrected chi connectivity index (χ0v) is 15.1. The number of nitrogens with one attached hydrogen (secondary N) is 2. The van der Waals surface area contributed by atoms with Gasteiger partial charge in [-0.25, -0.2) is 9.97 Å². The molecule has 150 valence electrons. The number of fused-ring (bicyclic) bond motifs is 1. The minimum absolute atomic E-state index is 0.223. The number of H-pyrrole nitrogens is 1. The summed E-state index contributed by atoms with van der Waals surface area (Å²) in [5, 5.41) is 20.1. The van der Waals surface area contributed by atoms with E-state index >= 15 is 0 Å². The second-order valence-corrected chi connectivity index (χ2v) is 6.71. The van der Waals surface area contributed by atoms with E-state index in [9.17, 15) is 13.9 Å². The van der Waals surface area contributed by atoms with Crippen LogP contribution in [-0.2, 0) is 4.74 Å². The van der Waals surface area contributed by atoms with Crippen molar-refractivity contribution in [2.45, 2.75) is 38.0 Å². The highest BCUT2D eigenvalue weighted by atomic mass is 19.3. The Labute approximate surface area is 158 Å². The number of ether oxygens (including phenoxy) is 2. The van der Waals surface area contributed by atoms with Crippen molar-refractivity contribution < 1.29 is 23.4 Å². The number of alkyl halides is 2. The average molecular weight is 394 g/mol. The van der Waals surface area contributed by atoms with Crippen LogP contribution in [0.25, 0.3) is 11.2 Å². The summed E-state index contributed by atoms with van der Waals surface area (Å²) in [4.78, 5) is 8.92. The van der Waals surface area contributed by atoms with Crippen molar-refractivity contribution in [3.63, 3.8) is 0 Å². The molecule has 1 atom stereocenters. The van der Waals surface area contributed by atoms with Crippen molar-refractivity contribution >= 4 is 22.8 Å². The molecule has 1 fully saturated rings. The molecule has 3 N–H and O–H groups in total. The minimum atomic E-state index is -2.95. The fourth-order valence-electron chi connectivity index (χ4n) is 3.32. The van der Waals surface area contributed by atoms with Gasteiger partial charge in [0.05, 0.1) is 18.0 Å². The third kappa shape index (κ3) is 3.62. The zero-order chi connectivity index (χ0) is 19.7. The highest BCUT2D eigenvalue weighted by Crippen LogP contribution is 2.34. The molecule has 4 heterocycles. The maximum absolute atomic E-state index is 12.3. The van der Waals surface area contributed by atoms with Gasteiger partial charge in [0.25, 0.3) is 0 Å². The number of halogens is 2. The van der Waals surface area contributed by atoms with Gasteiger partial charge in [-0.3, -0.25) is 5.10 Å². The lowest BCUT2D eigenvalue weighted by Gasteiger charge is -2.37. The van der Waals surface area contributed by atoms with E-state index in [1.807, 2.05) is 11.5 Å². The first-order valence-electron chi connectivity index (χ1n) is 8.85. The Kier molecular flexibility index (Phi) is 4.85. The summed E-state index contributed by atoms with van der Waals surface area (Å²) in [6.07, 6.45) is 2.73. The van der Waals surface area contributed by atoms with Gasteiger partial charge < -0.3 is 24.5 Å². The molecule has 0 unspecified atom stereocenters. The fourth-order valence-corrected chi connectivity index (χ4v) is 3.32. The van der Waals surface area contributed by atoms with Gasteiger partial charge in [0.1, 0.15) is 17.2 Å². The molecule has 1 saturated heterocycles. The van der Waals surface area contributed by atoms with Crippen molar-refractivity contribution in [2.24, 2.45) is 0 Å². The average Bonchev–Trinajstić information content (AvgIpc) is 3.27. The molecule has 0 radical (unpaired) electrons. The van der Waals surface area contributed by atoms with Crippen LogP contribution in [0.1, 0.15) is 25.8 Å². The molecule has 3 aromatic heterocycles. The Morgan fingerprint density at radius 3 is 2.89 bits per heavy atom. The molecule has 0 aromatic carbocycles. The number of hydrogen-bond acceptors (Lipinski definition) is 7. The zero-order valence-electron chi connectivity index (χ0n) is 15.1. The van der Waals surface area contributed by atoms with E-state index in [4.69, 9.17) is 4.74 Å². The molecule has 3 aromatic rings. The lowest BCUT2D eigenvalue weighted by Crippen LogP contribution is -2.43. The van der Waals surface area contributed by atoms with E-state index < -0.39 is 12.2 Å². The van der Waals surface area contributed by atoms with Gasteiger partial charge in [0, 0.05) is 32.1 Å². The Bertz CT molecular complexity index is 953. The first-order chi connectivity index (χ1) is 13.4. The Hall–Kier alpha value is -2.79. The number of aromatic amines is 1. The van der Waals surface area contributed by atoms with Crippen LogP contribution in [0, 0.1) is 0 Å². The maximum Gasteiger partial charge on any atom is 0.388 e. The highest BCUT2D eigenvalue weighted by Gasteiger charge is 2.37. The Morgan fingerprint density at radius 1 is 1.36 bits per heavy atom. The first kappa shape index (κ1) is 18.6. The number of hydrogen-bond donors (Lipinski definition) is 3. The van der Waals surface area contributed by atoms with Gasteiger partial charge in [-0.1, -0.05) is 0 Å². The van der Waals surface area contributed by atoms with Gasteiger partial charge >= 0.3 is 6.61 Å². The topological polar surface area (TPSA) is 110 Å². The minimum Gasteiger partial charge on any atom is -0.415 e. The van der Waals surface area contributed by atoms with E-state index in [0.29, 0.717) is 48.9 Å². The third-order valence-corrected chi connectivity index (χ3v) is 5.00. The van der Waals surface area contributed by atoms with Crippen LogP contribution in [-0.4, -0.2) is 55.3 Å². The molecule has 11 heteroatoms. The second kappa shape index (κ2) is 7.32. The summed E-state index contributed by atoms with van der Waals surface area (Å²) in [5.41, 5.74) is 0.377. The Balaban J connectivity index is 1.58. The predicted octanol–water partition coefficient (Wildman–Crippen LogP) is 2.60. The Morgan fingerprint density at radius 2 is 2.14 bits per heavy atom. The molecule has 4 rings (SSSR count). The smallest absolute Gasteiger partial charge is 0.388 e. The van der Waals surface area contributed by atoms with Crippen molar-refractivity contribution in [2.75, 3.05) is 18.5 Å². The van der Waals surface area contributed by atoms with Gasteiger partial charge in [-0.05, 0) is 19.1 Å². The fraction of sp³-hybridized carbons (Fsp3) is 0.471. The maximum atomic E-state index is 12.3. The third-order valence-electron chi connectivity index (χ3n) is 5.00. The summed E-state index contributed by atoms with van der Waals surface area (Å²) in [6.45, 7) is 0.00178. The lowest BCUT2D eigenvalue weighted by atomic mass is 9.87. The summed E-state index contributed by atoms with van der Waals surface area (Å²) in [6, 6.07) is 4.56. The number of aromatic nitrogens is 5. The molecule has 0 amide bonds. The van der Waals surface area contributed by atoms with Crippen molar-refractivity contribution in [3.05, 3.63) is 24.5 Å². The molecule has 9 nitrogen and oxygen atoms in total. The number of rotatable bonds is 6. The SMILES string of the molecule is C[C@@H](n1cnc2ccc(Nc3cc(OC(F)F)n[nH]3)nc21)C1(O)CCOCC1. The van der Waals surface area contributed by atoms with Crippen LogP contribution in [0.3, 0.4) is 0 Å². The number of aliphatic hydroxyl groups is 1. The van der Waals surface area contributed by atoms with Crippen molar-refractivity contribution in [1.29, 1.82) is 0 Å². The largest absolute Gasteiger partial charge is 0.415 e. The summed E-state index contributed by atoms with van der Waals surface area (Å²) >= 11 is 0. The van der Waals surface area contributed by atoms with E-state index in [-0.39, 0.29) is 11.9 Å². The van der Waals surface area contributed by atoms with E-state index in [1.165, 1.54) is 6.07 Å².